The van der Waals surface area contributed by atoms with Crippen molar-refractivity contribution in [3.05, 3.63) is 48.2 Å². The van der Waals surface area contributed by atoms with E-state index in [0.29, 0.717) is 5.03 Å². The lowest BCUT2D eigenvalue weighted by Crippen LogP contribution is -2.30. The van der Waals surface area contributed by atoms with Crippen LogP contribution in [0.5, 0.6) is 0 Å². The summed E-state index contributed by atoms with van der Waals surface area (Å²) < 4.78 is 27.9. The summed E-state index contributed by atoms with van der Waals surface area (Å²) in [6.07, 6.45) is 2.22. The van der Waals surface area contributed by atoms with Gasteiger partial charge in [0, 0.05) is 11.9 Å². The molecule has 8 nitrogen and oxygen atoms in total. The second kappa shape index (κ2) is 8.30. The number of hydrogen-bond acceptors (Lipinski definition) is 7. The number of rotatable bonds is 6. The largest absolute Gasteiger partial charge is 0.449 e. The van der Waals surface area contributed by atoms with Crippen LogP contribution in [0.25, 0.3) is 0 Å². The first-order valence-electron chi connectivity index (χ1n) is 7.36. The number of nitrogens with two attached hydrogens (primary N) is 1. The molecule has 0 bridgehead atoms. The van der Waals surface area contributed by atoms with E-state index in [9.17, 15) is 18.0 Å². The lowest BCUT2D eigenvalue weighted by atomic mass is 10.2. The third-order valence-corrected chi connectivity index (χ3v) is 4.89. The normalized spacial score (nSPS) is 12.3. The molecule has 0 radical (unpaired) electrons. The molecule has 2 rings (SSSR count). The fourth-order valence-electron chi connectivity index (χ4n) is 1.98. The number of carbonyl (C=O) groups is 2. The highest BCUT2D eigenvalue weighted by Gasteiger charge is 2.21. The van der Waals surface area contributed by atoms with Gasteiger partial charge in [-0.15, -0.1) is 11.8 Å². The molecule has 1 amide bonds. The number of thioether (sulfide) groups is 1. The fourth-order valence-corrected chi connectivity index (χ4v) is 3.08. The van der Waals surface area contributed by atoms with Gasteiger partial charge in [0.05, 0.1) is 10.5 Å². The summed E-state index contributed by atoms with van der Waals surface area (Å²) in [6, 6.07) is 8.61. The van der Waals surface area contributed by atoms with Crippen molar-refractivity contribution in [2.24, 2.45) is 5.14 Å². The molecule has 0 aliphatic heterocycles. The number of pyridine rings is 1. The van der Waals surface area contributed by atoms with Crippen molar-refractivity contribution < 1.29 is 22.7 Å². The number of carbonyl (C=O) groups excluding carboxylic acids is 2. The van der Waals surface area contributed by atoms with Crippen molar-refractivity contribution in [1.29, 1.82) is 0 Å². The Labute approximate surface area is 155 Å². The third-order valence-electron chi connectivity index (χ3n) is 3.27. The maximum Gasteiger partial charge on any atom is 0.341 e. The Morgan fingerprint density at radius 3 is 2.65 bits per heavy atom. The van der Waals surface area contributed by atoms with E-state index < -0.39 is 28.0 Å². The van der Waals surface area contributed by atoms with Crippen molar-refractivity contribution in [3.8, 4) is 0 Å². The lowest BCUT2D eigenvalue weighted by molar-refractivity contribution is -0.123. The molecule has 1 heterocycles. The van der Waals surface area contributed by atoms with Crippen molar-refractivity contribution >= 4 is 39.3 Å². The third kappa shape index (κ3) is 5.04. The Balaban J connectivity index is 2.07. The summed E-state index contributed by atoms with van der Waals surface area (Å²) in [5.41, 5.74) is 0.478. The molecule has 1 atom stereocenters. The molecule has 3 N–H and O–H groups in total. The number of anilines is 1. The van der Waals surface area contributed by atoms with Gasteiger partial charge >= 0.3 is 5.97 Å². The van der Waals surface area contributed by atoms with Crippen LogP contribution >= 0.6 is 11.8 Å². The highest BCUT2D eigenvalue weighted by molar-refractivity contribution is 7.98. The number of sulfonamides is 1. The van der Waals surface area contributed by atoms with Crippen molar-refractivity contribution in [1.82, 2.24) is 4.98 Å². The number of nitrogens with one attached hydrogen (secondary N) is 1. The van der Waals surface area contributed by atoms with Crippen molar-refractivity contribution in [2.45, 2.75) is 22.9 Å². The van der Waals surface area contributed by atoms with E-state index in [1.54, 1.807) is 24.6 Å². The number of amides is 1. The lowest BCUT2D eigenvalue weighted by Gasteiger charge is -2.14. The maximum absolute atomic E-state index is 12.2. The van der Waals surface area contributed by atoms with Crippen LogP contribution in [0.15, 0.2) is 52.5 Å². The molecule has 0 saturated heterocycles. The number of hydrogen-bond donors (Lipinski definition) is 2. The quantitative estimate of drug-likeness (QED) is 0.562. The predicted molar refractivity (Wildman–Crippen MR) is 97.3 cm³/mol. The number of nitrogens with zero attached hydrogens (tertiary/aromatic N) is 1. The van der Waals surface area contributed by atoms with Crippen LogP contribution in [0.2, 0.25) is 0 Å². The van der Waals surface area contributed by atoms with Gasteiger partial charge in [0.2, 0.25) is 10.0 Å². The van der Waals surface area contributed by atoms with Gasteiger partial charge in [0.25, 0.3) is 5.91 Å². The van der Waals surface area contributed by atoms with Gasteiger partial charge in [-0.1, -0.05) is 6.07 Å². The monoisotopic (exact) mass is 395 g/mol. The van der Waals surface area contributed by atoms with E-state index >= 15 is 0 Å². The summed E-state index contributed by atoms with van der Waals surface area (Å²) in [7, 11) is -3.89. The molecule has 0 aliphatic carbocycles. The zero-order chi connectivity index (χ0) is 19.3. The van der Waals surface area contributed by atoms with E-state index in [1.165, 1.54) is 43.0 Å². The highest BCUT2D eigenvalue weighted by atomic mass is 32.2. The van der Waals surface area contributed by atoms with Gasteiger partial charge in [-0.2, -0.15) is 0 Å². The van der Waals surface area contributed by atoms with Crippen LogP contribution in [-0.2, 0) is 19.6 Å². The van der Waals surface area contributed by atoms with E-state index in [2.05, 4.69) is 10.3 Å². The minimum absolute atomic E-state index is 0.139. The summed E-state index contributed by atoms with van der Waals surface area (Å²) in [5.74, 6) is -1.29. The minimum atomic E-state index is -3.89. The van der Waals surface area contributed by atoms with Crippen LogP contribution < -0.4 is 10.5 Å². The minimum Gasteiger partial charge on any atom is -0.449 e. The first-order valence-corrected chi connectivity index (χ1v) is 10.1. The first-order chi connectivity index (χ1) is 12.2. The molecule has 0 spiro atoms. The average molecular weight is 395 g/mol. The van der Waals surface area contributed by atoms with Crippen molar-refractivity contribution in [3.63, 3.8) is 0 Å². The molecular formula is C16H17N3O5S2. The molecule has 2 aromatic rings. The molecule has 1 aromatic carbocycles. The van der Waals surface area contributed by atoms with Crippen LogP contribution in [0.4, 0.5) is 5.69 Å². The molecule has 1 unspecified atom stereocenters. The first kappa shape index (κ1) is 19.9. The van der Waals surface area contributed by atoms with Gasteiger partial charge in [-0.3, -0.25) is 4.79 Å². The average Bonchev–Trinajstić information content (AvgIpc) is 2.61. The second-order valence-corrected chi connectivity index (χ2v) is 7.53. The molecule has 0 aliphatic rings. The van der Waals surface area contributed by atoms with Crippen LogP contribution in [0.1, 0.15) is 17.3 Å². The topological polar surface area (TPSA) is 128 Å². The van der Waals surface area contributed by atoms with Gasteiger partial charge in [0.1, 0.15) is 5.03 Å². The van der Waals surface area contributed by atoms with E-state index in [-0.39, 0.29) is 16.1 Å². The van der Waals surface area contributed by atoms with Gasteiger partial charge in [0.15, 0.2) is 6.10 Å². The number of aromatic nitrogens is 1. The van der Waals surface area contributed by atoms with E-state index in [0.717, 1.165) is 0 Å². The Morgan fingerprint density at radius 2 is 2.00 bits per heavy atom. The van der Waals surface area contributed by atoms with Gasteiger partial charge in [-0.05, 0) is 43.5 Å². The summed E-state index contributed by atoms with van der Waals surface area (Å²) >= 11 is 1.28. The van der Waals surface area contributed by atoms with Gasteiger partial charge in [-0.25, -0.2) is 23.3 Å². The van der Waals surface area contributed by atoms with Crippen molar-refractivity contribution in [2.75, 3.05) is 11.6 Å². The standard InChI is InChI=1S/C16H17N3O5S2/c1-10(24-16(21)13-7-4-8-18-15(13)25-2)14(20)19-11-5-3-6-12(9-11)26(17,22)23/h3-10H,1-2H3,(H,19,20)(H2,17,22,23). The van der Waals surface area contributed by atoms with Crippen LogP contribution in [-0.4, -0.2) is 37.6 Å². The summed E-state index contributed by atoms with van der Waals surface area (Å²) in [4.78, 5) is 28.4. The van der Waals surface area contributed by atoms with E-state index in [1.807, 2.05) is 0 Å². The number of benzene rings is 1. The fraction of sp³-hybridized carbons (Fsp3) is 0.188. The van der Waals surface area contributed by atoms with E-state index in [4.69, 9.17) is 9.88 Å². The van der Waals surface area contributed by atoms with Crippen LogP contribution in [0.3, 0.4) is 0 Å². The van der Waals surface area contributed by atoms with Gasteiger partial charge < -0.3 is 10.1 Å². The molecule has 10 heteroatoms. The molecule has 0 saturated carbocycles. The Bertz CT molecular complexity index is 931. The SMILES string of the molecule is CSc1ncccc1C(=O)OC(C)C(=O)Nc1cccc(S(N)(=O)=O)c1. The molecular weight excluding hydrogens is 378 g/mol. The number of ether oxygens (including phenoxy) is 1. The molecule has 138 valence electrons. The Morgan fingerprint density at radius 1 is 1.27 bits per heavy atom. The Hall–Kier alpha value is -2.43. The number of esters is 1. The summed E-state index contributed by atoms with van der Waals surface area (Å²) in [5, 5.41) is 8.03. The zero-order valence-electron chi connectivity index (χ0n) is 14.0. The predicted octanol–water partition coefficient (Wildman–Crippen LogP) is 1.63. The number of primary sulfonamides is 1. The highest BCUT2D eigenvalue weighted by Crippen LogP contribution is 2.19. The smallest absolute Gasteiger partial charge is 0.341 e. The maximum atomic E-state index is 12.2. The zero-order valence-corrected chi connectivity index (χ0v) is 15.6. The molecule has 0 fully saturated rings. The summed E-state index contributed by atoms with van der Waals surface area (Å²) in [6.45, 7) is 1.41. The molecule has 1 aromatic heterocycles. The Kier molecular flexibility index (Phi) is 6.35. The van der Waals surface area contributed by atoms with Crippen LogP contribution in [0, 0.1) is 0 Å². The second-order valence-electron chi connectivity index (χ2n) is 5.17. The molecule has 26 heavy (non-hydrogen) atoms.